The number of ether oxygens (including phenoxy) is 2. The number of aliphatic hydroxyl groups is 2. The Balaban J connectivity index is 4.01. The third kappa shape index (κ3) is 44.7. The van der Waals surface area contributed by atoms with E-state index in [4.69, 9.17) is 23.6 Å². The van der Waals surface area contributed by atoms with Gasteiger partial charge in [0, 0.05) is 13.0 Å². The number of hydrogen-bond donors (Lipinski definition) is 3. The number of allylic oxidation sites excluding steroid dienone is 2. The Kier molecular flexibility index (Phi) is 45.1. The predicted octanol–water partition coefficient (Wildman–Crippen LogP) is 14.0. The van der Waals surface area contributed by atoms with Gasteiger partial charge < -0.3 is 24.6 Å². The van der Waals surface area contributed by atoms with Gasteiger partial charge in [0.25, 0.3) is 0 Å². The molecular formula is C48H95O9P. The Morgan fingerprint density at radius 3 is 1.31 bits per heavy atom. The average molecular weight is 847 g/mol. The highest BCUT2D eigenvalue weighted by Gasteiger charge is 2.26. The highest BCUT2D eigenvalue weighted by molar-refractivity contribution is 7.47. The van der Waals surface area contributed by atoms with Gasteiger partial charge in [-0.25, -0.2) is 4.57 Å². The van der Waals surface area contributed by atoms with Gasteiger partial charge in [-0.15, -0.1) is 0 Å². The summed E-state index contributed by atoms with van der Waals surface area (Å²) in [5.74, 6) is -0.378. The van der Waals surface area contributed by atoms with Crippen LogP contribution in [0.3, 0.4) is 0 Å². The maximum absolute atomic E-state index is 12.7. The molecule has 3 N–H and O–H groups in total. The van der Waals surface area contributed by atoms with Crippen molar-refractivity contribution in [3.05, 3.63) is 12.2 Å². The lowest BCUT2D eigenvalue weighted by molar-refractivity contribution is -0.154. The van der Waals surface area contributed by atoms with E-state index in [0.29, 0.717) is 6.61 Å². The van der Waals surface area contributed by atoms with Crippen molar-refractivity contribution >= 4 is 13.8 Å². The summed E-state index contributed by atoms with van der Waals surface area (Å²) in [5, 5.41) is 18.4. The summed E-state index contributed by atoms with van der Waals surface area (Å²) in [6.07, 6.45) is 47.5. The minimum atomic E-state index is -4.52. The molecule has 0 saturated carbocycles. The zero-order valence-corrected chi connectivity index (χ0v) is 38.9. The Morgan fingerprint density at radius 1 is 0.517 bits per heavy atom. The molecule has 9 nitrogen and oxygen atoms in total. The minimum Gasteiger partial charge on any atom is -0.457 e. The lowest BCUT2D eigenvalue weighted by Gasteiger charge is -2.20. The van der Waals surface area contributed by atoms with Crippen molar-refractivity contribution in [1.29, 1.82) is 0 Å². The third-order valence-electron chi connectivity index (χ3n) is 11.0. The molecule has 0 spiro atoms. The molecule has 58 heavy (non-hydrogen) atoms. The lowest BCUT2D eigenvalue weighted by atomic mass is 10.0. The van der Waals surface area contributed by atoms with Crippen LogP contribution < -0.4 is 0 Å². The number of hydrogen-bond acceptors (Lipinski definition) is 8. The van der Waals surface area contributed by atoms with Gasteiger partial charge in [0.2, 0.25) is 0 Å². The standard InChI is InChI=1S/C48H95O9P/c1-3-5-7-9-11-13-15-17-19-20-21-22-23-24-25-26-27-28-30-32-34-36-38-40-48(51)57-47(45-56-58(52,53)55-43-46(50)42-49)44-54-41-39-37-35-33-31-29-18-16-14-12-10-8-6-4-2/h14,16,46-47,49-50H,3-13,15,17-45H2,1-2H3,(H,52,53)/b16-14-. The molecule has 0 heterocycles. The van der Waals surface area contributed by atoms with Gasteiger partial charge in [-0.1, -0.05) is 212 Å². The fourth-order valence-electron chi connectivity index (χ4n) is 7.18. The molecule has 0 bridgehead atoms. The Bertz CT molecular complexity index is 918. The quantitative estimate of drug-likeness (QED) is 0.0237. The van der Waals surface area contributed by atoms with Gasteiger partial charge in [-0.2, -0.15) is 0 Å². The molecule has 0 aliphatic carbocycles. The molecule has 0 saturated heterocycles. The second kappa shape index (κ2) is 45.7. The van der Waals surface area contributed by atoms with E-state index in [1.165, 1.54) is 180 Å². The first-order chi connectivity index (χ1) is 28.3. The number of carbonyl (C=O) groups is 1. The van der Waals surface area contributed by atoms with Crippen LogP contribution in [0.25, 0.3) is 0 Å². The largest absolute Gasteiger partial charge is 0.472 e. The first kappa shape index (κ1) is 57.2. The van der Waals surface area contributed by atoms with Gasteiger partial charge in [-0.3, -0.25) is 13.8 Å². The number of aliphatic hydroxyl groups excluding tert-OH is 2. The molecular weight excluding hydrogens is 751 g/mol. The van der Waals surface area contributed by atoms with Gasteiger partial charge in [0.05, 0.1) is 26.4 Å². The molecule has 0 aliphatic heterocycles. The first-order valence-corrected chi connectivity index (χ1v) is 26.2. The highest BCUT2D eigenvalue weighted by atomic mass is 31.2. The number of esters is 1. The summed E-state index contributed by atoms with van der Waals surface area (Å²) in [5.41, 5.74) is 0. The van der Waals surface area contributed by atoms with Crippen molar-refractivity contribution in [2.24, 2.45) is 0 Å². The molecule has 3 unspecified atom stereocenters. The molecule has 3 atom stereocenters. The summed E-state index contributed by atoms with van der Waals surface area (Å²) >= 11 is 0. The van der Waals surface area contributed by atoms with Gasteiger partial charge in [-0.05, 0) is 38.5 Å². The van der Waals surface area contributed by atoms with E-state index in [1.807, 2.05) is 0 Å². The van der Waals surface area contributed by atoms with Gasteiger partial charge >= 0.3 is 13.8 Å². The van der Waals surface area contributed by atoms with E-state index < -0.39 is 33.2 Å². The molecule has 0 fully saturated rings. The molecule has 0 amide bonds. The summed E-state index contributed by atoms with van der Waals surface area (Å²) in [6, 6.07) is 0. The predicted molar refractivity (Wildman–Crippen MR) is 242 cm³/mol. The topological polar surface area (TPSA) is 132 Å². The van der Waals surface area contributed by atoms with Crippen LogP contribution >= 0.6 is 7.82 Å². The maximum Gasteiger partial charge on any atom is 0.472 e. The number of phosphoric ester groups is 1. The first-order valence-electron chi connectivity index (χ1n) is 24.7. The smallest absolute Gasteiger partial charge is 0.457 e. The molecule has 346 valence electrons. The fourth-order valence-corrected chi connectivity index (χ4v) is 7.97. The van der Waals surface area contributed by atoms with Crippen LogP contribution in [0.4, 0.5) is 0 Å². The second-order valence-electron chi connectivity index (χ2n) is 16.8. The number of rotatable bonds is 48. The monoisotopic (exact) mass is 847 g/mol. The third-order valence-corrected chi connectivity index (χ3v) is 11.9. The van der Waals surface area contributed by atoms with E-state index in [0.717, 1.165) is 44.9 Å². The maximum atomic E-state index is 12.7. The van der Waals surface area contributed by atoms with E-state index >= 15 is 0 Å². The van der Waals surface area contributed by atoms with E-state index in [1.54, 1.807) is 0 Å². The zero-order valence-electron chi connectivity index (χ0n) is 38.0. The summed E-state index contributed by atoms with van der Waals surface area (Å²) in [7, 11) is -4.52. The van der Waals surface area contributed by atoms with Gasteiger partial charge in [0.1, 0.15) is 12.2 Å². The van der Waals surface area contributed by atoms with Crippen LogP contribution in [0, 0.1) is 0 Å². The van der Waals surface area contributed by atoms with E-state index in [9.17, 15) is 19.4 Å². The minimum absolute atomic E-state index is 0.0508. The van der Waals surface area contributed by atoms with Crippen molar-refractivity contribution in [2.75, 3.05) is 33.0 Å². The van der Waals surface area contributed by atoms with Gasteiger partial charge in [0.15, 0.2) is 0 Å². The Hall–Kier alpha value is -0.800. The molecule has 0 aromatic carbocycles. The molecule has 0 aromatic rings. The average Bonchev–Trinajstić information content (AvgIpc) is 3.21. The molecule has 0 radical (unpaired) electrons. The normalized spacial score (nSPS) is 13.9. The van der Waals surface area contributed by atoms with Crippen molar-refractivity contribution in [3.8, 4) is 0 Å². The second-order valence-corrected chi connectivity index (χ2v) is 18.3. The fraction of sp³-hybridized carbons (Fsp3) is 0.938. The van der Waals surface area contributed by atoms with Crippen LogP contribution in [0.15, 0.2) is 12.2 Å². The Morgan fingerprint density at radius 2 is 0.879 bits per heavy atom. The van der Waals surface area contributed by atoms with Crippen LogP contribution in [-0.2, 0) is 27.9 Å². The SMILES string of the molecule is CCCCCC/C=C\CCCCCCCCOCC(COP(=O)(O)OCC(O)CO)OC(=O)CCCCCCCCCCCCCCCCCCCCCCCCC. The van der Waals surface area contributed by atoms with Crippen LogP contribution in [0.5, 0.6) is 0 Å². The van der Waals surface area contributed by atoms with Crippen molar-refractivity contribution in [3.63, 3.8) is 0 Å². The number of phosphoric acid groups is 1. The van der Waals surface area contributed by atoms with Crippen molar-refractivity contribution in [2.45, 2.75) is 257 Å². The van der Waals surface area contributed by atoms with Crippen LogP contribution in [0.1, 0.15) is 245 Å². The lowest BCUT2D eigenvalue weighted by Crippen LogP contribution is -2.29. The molecule has 0 aromatic heterocycles. The summed E-state index contributed by atoms with van der Waals surface area (Å²) in [6.45, 7) is 3.55. The zero-order chi connectivity index (χ0) is 42.5. The van der Waals surface area contributed by atoms with Crippen molar-refractivity contribution < 1.29 is 43.0 Å². The molecule has 0 rings (SSSR count). The summed E-state index contributed by atoms with van der Waals surface area (Å²) < 4.78 is 33.5. The molecule has 0 aliphatic rings. The summed E-state index contributed by atoms with van der Waals surface area (Å²) in [4.78, 5) is 22.6. The highest BCUT2D eigenvalue weighted by Crippen LogP contribution is 2.43. The number of unbranched alkanes of at least 4 members (excludes halogenated alkanes) is 32. The Labute approximate surface area is 358 Å². The van der Waals surface area contributed by atoms with E-state index in [-0.39, 0.29) is 25.6 Å². The van der Waals surface area contributed by atoms with Crippen molar-refractivity contribution in [1.82, 2.24) is 0 Å². The van der Waals surface area contributed by atoms with Crippen LogP contribution in [-0.4, -0.2) is 66.3 Å². The number of carbonyl (C=O) groups excluding carboxylic acids is 1. The molecule has 10 heteroatoms. The van der Waals surface area contributed by atoms with Crippen LogP contribution in [0.2, 0.25) is 0 Å². The van der Waals surface area contributed by atoms with E-state index in [2.05, 4.69) is 26.0 Å².